The highest BCUT2D eigenvalue weighted by atomic mass is 32.1. The van der Waals surface area contributed by atoms with Crippen molar-refractivity contribution in [3.05, 3.63) is 69.9 Å². The lowest BCUT2D eigenvalue weighted by atomic mass is 10.1. The molecule has 7 nitrogen and oxygen atoms in total. The molecule has 0 fully saturated rings. The summed E-state index contributed by atoms with van der Waals surface area (Å²) in [6.07, 6.45) is 0. The highest BCUT2D eigenvalue weighted by molar-refractivity contribution is 7.09. The number of amides is 1. The van der Waals surface area contributed by atoms with Crippen LogP contribution in [0.15, 0.2) is 53.9 Å². The topological polar surface area (TPSA) is 91.1 Å². The van der Waals surface area contributed by atoms with Crippen LogP contribution in [0.3, 0.4) is 0 Å². The molecule has 1 aliphatic rings. The molecule has 3 aromatic rings. The Labute approximate surface area is 183 Å². The minimum atomic E-state index is -0.632. The Balaban J connectivity index is 1.53. The number of carbonyl (C=O) groups excluding carboxylic acids is 2. The van der Waals surface area contributed by atoms with Crippen LogP contribution in [0.1, 0.15) is 20.8 Å². The largest absolute Gasteiger partial charge is 0.486 e. The monoisotopic (exact) mass is 438 g/mol. The van der Waals surface area contributed by atoms with E-state index in [0.717, 1.165) is 10.4 Å². The summed E-state index contributed by atoms with van der Waals surface area (Å²) >= 11 is 1.54. The van der Waals surface area contributed by atoms with Crippen molar-refractivity contribution in [2.45, 2.75) is 13.5 Å². The average Bonchev–Trinajstić information content (AvgIpc) is 3.30. The zero-order valence-corrected chi connectivity index (χ0v) is 17.8. The minimum Gasteiger partial charge on any atom is -0.486 e. The van der Waals surface area contributed by atoms with E-state index in [1.165, 1.54) is 0 Å². The number of thiophene rings is 1. The number of ether oxygens (including phenoxy) is 3. The molecule has 1 amide bonds. The van der Waals surface area contributed by atoms with E-state index in [1.807, 2.05) is 30.5 Å². The molecule has 0 aliphatic carbocycles. The minimum absolute atomic E-state index is 0.247. The van der Waals surface area contributed by atoms with Crippen LogP contribution >= 0.6 is 11.3 Å². The van der Waals surface area contributed by atoms with Crippen molar-refractivity contribution in [1.82, 2.24) is 0 Å². The molecule has 0 saturated heterocycles. The van der Waals surface area contributed by atoms with Crippen molar-refractivity contribution in [2.75, 3.05) is 30.5 Å². The average molecular weight is 439 g/mol. The fraction of sp³-hybridized carbons (Fsp3) is 0.217. The van der Waals surface area contributed by atoms with E-state index in [-0.39, 0.29) is 11.5 Å². The first-order chi connectivity index (χ1) is 15.0. The maximum Gasteiger partial charge on any atom is 0.340 e. The van der Waals surface area contributed by atoms with Gasteiger partial charge in [-0.3, -0.25) is 4.79 Å². The van der Waals surface area contributed by atoms with Gasteiger partial charge >= 0.3 is 5.97 Å². The standard InChI is InChI=1S/C23H22N2O5S/c1-15-4-2-6-18(22(15)24)23(27)30-14-21(26)25(13-17-5-3-11-31-17)16-7-8-19-20(12-16)29-10-9-28-19/h2-8,11-12H,9-10,13-14,24H2,1H3. The second-order valence-corrected chi connectivity index (χ2v) is 8.03. The van der Waals surface area contributed by atoms with E-state index in [4.69, 9.17) is 19.9 Å². The summed E-state index contributed by atoms with van der Waals surface area (Å²) in [4.78, 5) is 28.1. The fourth-order valence-electron chi connectivity index (χ4n) is 3.22. The van der Waals surface area contributed by atoms with Gasteiger partial charge in [0.25, 0.3) is 5.91 Å². The quantitative estimate of drug-likeness (QED) is 0.465. The number of hydrogen-bond donors (Lipinski definition) is 1. The zero-order valence-electron chi connectivity index (χ0n) is 17.0. The van der Waals surface area contributed by atoms with Crippen molar-refractivity contribution in [3.63, 3.8) is 0 Å². The number of fused-ring (bicyclic) bond motifs is 1. The molecular weight excluding hydrogens is 416 g/mol. The van der Waals surface area contributed by atoms with Crippen LogP contribution in [0.4, 0.5) is 11.4 Å². The van der Waals surface area contributed by atoms with Gasteiger partial charge in [-0.25, -0.2) is 4.79 Å². The maximum absolute atomic E-state index is 13.1. The number of nitrogen functional groups attached to an aromatic ring is 1. The van der Waals surface area contributed by atoms with Crippen LogP contribution in [0.5, 0.6) is 11.5 Å². The number of nitrogens with zero attached hydrogens (tertiary/aromatic N) is 1. The van der Waals surface area contributed by atoms with E-state index < -0.39 is 12.6 Å². The van der Waals surface area contributed by atoms with Gasteiger partial charge in [-0.2, -0.15) is 0 Å². The lowest BCUT2D eigenvalue weighted by molar-refractivity contribution is -0.121. The van der Waals surface area contributed by atoms with Gasteiger partial charge in [0.1, 0.15) is 13.2 Å². The van der Waals surface area contributed by atoms with Crippen molar-refractivity contribution in [2.24, 2.45) is 0 Å². The van der Waals surface area contributed by atoms with Gasteiger partial charge in [-0.1, -0.05) is 18.2 Å². The molecule has 0 atom stereocenters. The van der Waals surface area contributed by atoms with Gasteiger partial charge in [0, 0.05) is 22.3 Å². The van der Waals surface area contributed by atoms with Crippen LogP contribution in [-0.4, -0.2) is 31.7 Å². The van der Waals surface area contributed by atoms with Crippen molar-refractivity contribution in [1.29, 1.82) is 0 Å². The predicted molar refractivity (Wildman–Crippen MR) is 119 cm³/mol. The Hall–Kier alpha value is -3.52. The van der Waals surface area contributed by atoms with Crippen LogP contribution in [0.2, 0.25) is 0 Å². The normalized spacial score (nSPS) is 12.3. The molecule has 0 saturated carbocycles. The first kappa shape index (κ1) is 20.7. The molecule has 160 valence electrons. The molecule has 2 N–H and O–H groups in total. The van der Waals surface area contributed by atoms with E-state index in [1.54, 1.807) is 46.6 Å². The lowest BCUT2D eigenvalue weighted by Crippen LogP contribution is -2.34. The second kappa shape index (κ2) is 9.09. The third kappa shape index (κ3) is 4.64. The highest BCUT2D eigenvalue weighted by Crippen LogP contribution is 2.34. The number of hydrogen-bond acceptors (Lipinski definition) is 7. The number of carbonyl (C=O) groups is 2. The SMILES string of the molecule is Cc1cccc(C(=O)OCC(=O)N(Cc2cccs2)c2ccc3c(c2)OCCO3)c1N. The summed E-state index contributed by atoms with van der Waals surface area (Å²) in [6.45, 7) is 2.68. The Morgan fingerprint density at radius 1 is 1.10 bits per heavy atom. The smallest absolute Gasteiger partial charge is 0.340 e. The number of anilines is 2. The van der Waals surface area contributed by atoms with Gasteiger partial charge in [0.2, 0.25) is 0 Å². The predicted octanol–water partition coefficient (Wildman–Crippen LogP) is 3.80. The number of benzene rings is 2. The van der Waals surface area contributed by atoms with Crippen molar-refractivity contribution >= 4 is 34.6 Å². The molecule has 2 heterocycles. The van der Waals surface area contributed by atoms with Crippen LogP contribution < -0.4 is 20.1 Å². The third-order valence-corrected chi connectivity index (χ3v) is 5.76. The van der Waals surface area contributed by atoms with E-state index in [9.17, 15) is 9.59 Å². The molecule has 8 heteroatoms. The van der Waals surface area contributed by atoms with E-state index in [0.29, 0.717) is 42.6 Å². The molecule has 0 unspecified atom stereocenters. The Morgan fingerprint density at radius 3 is 2.68 bits per heavy atom. The summed E-state index contributed by atoms with van der Waals surface area (Å²) in [5.74, 6) is 0.231. The van der Waals surface area contributed by atoms with Crippen molar-refractivity contribution < 1.29 is 23.8 Å². The van der Waals surface area contributed by atoms with Gasteiger partial charge in [0.05, 0.1) is 12.1 Å². The molecule has 31 heavy (non-hydrogen) atoms. The van der Waals surface area contributed by atoms with Crippen LogP contribution in [0, 0.1) is 6.92 Å². The van der Waals surface area contributed by atoms with Gasteiger partial charge in [0.15, 0.2) is 18.1 Å². The first-order valence-corrected chi connectivity index (χ1v) is 10.7. The molecule has 0 bridgehead atoms. The number of esters is 1. The van der Waals surface area contributed by atoms with E-state index in [2.05, 4.69) is 0 Å². The molecular formula is C23H22N2O5S. The Bertz CT molecular complexity index is 1100. The number of rotatable bonds is 6. The first-order valence-electron chi connectivity index (χ1n) is 9.77. The molecule has 4 rings (SSSR count). The van der Waals surface area contributed by atoms with E-state index >= 15 is 0 Å². The molecule has 0 radical (unpaired) electrons. The summed E-state index contributed by atoms with van der Waals surface area (Å²) < 4.78 is 16.5. The van der Waals surface area contributed by atoms with Crippen molar-refractivity contribution in [3.8, 4) is 11.5 Å². The fourth-order valence-corrected chi connectivity index (χ4v) is 3.92. The maximum atomic E-state index is 13.1. The summed E-state index contributed by atoms with van der Waals surface area (Å²) in [5, 5.41) is 1.95. The summed E-state index contributed by atoms with van der Waals surface area (Å²) in [5.41, 5.74) is 7.98. The molecule has 2 aromatic carbocycles. The lowest BCUT2D eigenvalue weighted by Gasteiger charge is -2.25. The molecule has 0 spiro atoms. The third-order valence-electron chi connectivity index (χ3n) is 4.90. The van der Waals surface area contributed by atoms with Gasteiger partial charge in [-0.05, 0) is 42.1 Å². The number of nitrogens with two attached hydrogens (primary N) is 1. The summed E-state index contributed by atoms with van der Waals surface area (Å²) in [6, 6.07) is 14.3. The Kier molecular flexibility index (Phi) is 6.08. The summed E-state index contributed by atoms with van der Waals surface area (Å²) in [7, 11) is 0. The molecule has 1 aromatic heterocycles. The zero-order chi connectivity index (χ0) is 21.8. The second-order valence-electron chi connectivity index (χ2n) is 7.00. The van der Waals surface area contributed by atoms with Crippen LogP contribution in [0.25, 0.3) is 0 Å². The van der Waals surface area contributed by atoms with Gasteiger partial charge < -0.3 is 24.8 Å². The Morgan fingerprint density at radius 2 is 1.90 bits per heavy atom. The van der Waals surface area contributed by atoms with Gasteiger partial charge in [-0.15, -0.1) is 11.3 Å². The number of aryl methyl sites for hydroxylation is 1. The van der Waals surface area contributed by atoms with Crippen LogP contribution in [-0.2, 0) is 16.1 Å². The number of para-hydroxylation sites is 1. The highest BCUT2D eigenvalue weighted by Gasteiger charge is 2.22. The molecule has 1 aliphatic heterocycles.